The molecule has 1 atom stereocenters. The highest BCUT2D eigenvalue weighted by Crippen LogP contribution is 2.10. The maximum atomic E-state index is 12.0. The van der Waals surface area contributed by atoms with E-state index in [4.69, 9.17) is 33.5 Å². The van der Waals surface area contributed by atoms with Crippen LogP contribution in [0.15, 0.2) is 24.3 Å². The third kappa shape index (κ3) is 23.7. The molecule has 0 saturated heterocycles. The molecule has 0 saturated carbocycles. The largest absolute Gasteiger partial charge is 0.444 e. The maximum Gasteiger partial charge on any atom is 0.407 e. The Morgan fingerprint density at radius 3 is 1.93 bits per heavy atom. The Hall–Kier alpha value is -2.12. The van der Waals surface area contributed by atoms with Crippen molar-refractivity contribution in [3.8, 4) is 0 Å². The maximum absolute atomic E-state index is 12.0. The Bertz CT molecular complexity index is 727. The summed E-state index contributed by atoms with van der Waals surface area (Å²) in [5, 5.41) is 11.4. The minimum Gasteiger partial charge on any atom is -0.444 e. The summed E-state index contributed by atoms with van der Waals surface area (Å²) >= 11 is 0. The van der Waals surface area contributed by atoms with E-state index in [-0.39, 0.29) is 12.6 Å². The quantitative estimate of drug-likeness (QED) is 0.132. The van der Waals surface area contributed by atoms with Gasteiger partial charge in [0.2, 0.25) is 0 Å². The fourth-order valence-electron chi connectivity index (χ4n) is 3.27. The molecular weight excluding hydrogens is 520 g/mol. The average molecular weight is 573 g/mol. The van der Waals surface area contributed by atoms with E-state index >= 15 is 0 Å². The number of hydrogen-bond donors (Lipinski definition) is 3. The third-order valence-corrected chi connectivity index (χ3v) is 5.07. The predicted molar refractivity (Wildman–Crippen MR) is 153 cm³/mol. The van der Waals surface area contributed by atoms with Gasteiger partial charge in [-0.1, -0.05) is 24.3 Å². The summed E-state index contributed by atoms with van der Waals surface area (Å²) in [6.07, 6.45) is 2.99. The zero-order valence-electron chi connectivity index (χ0n) is 24.9. The lowest BCUT2D eigenvalue weighted by atomic mass is 10.1. The molecule has 0 aliphatic rings. The molecule has 0 fully saturated rings. The van der Waals surface area contributed by atoms with Crippen molar-refractivity contribution in [2.24, 2.45) is 5.73 Å². The SMILES string of the molecule is CC(C)(C)OC(=O)NC(CCC=O)COCc1ccc(CCCOCCOCCOCCOCCO)cc1.CN. The molecule has 4 N–H and O–H groups in total. The Balaban J connectivity index is 0.00000742. The van der Waals surface area contributed by atoms with Crippen molar-refractivity contribution in [1.82, 2.24) is 5.32 Å². The van der Waals surface area contributed by atoms with Gasteiger partial charge in [0.15, 0.2) is 0 Å². The summed E-state index contributed by atoms with van der Waals surface area (Å²) in [6, 6.07) is 7.94. The first-order valence-corrected chi connectivity index (χ1v) is 13.9. The predicted octanol–water partition coefficient (Wildman–Crippen LogP) is 2.64. The molecule has 0 bridgehead atoms. The van der Waals surface area contributed by atoms with Crippen molar-refractivity contribution >= 4 is 12.4 Å². The number of aldehydes is 1. The van der Waals surface area contributed by atoms with Gasteiger partial charge in [0.05, 0.1) is 72.1 Å². The molecule has 0 aromatic heterocycles. The Kier molecular flexibility index (Phi) is 24.5. The van der Waals surface area contributed by atoms with Gasteiger partial charge in [0.25, 0.3) is 0 Å². The van der Waals surface area contributed by atoms with Crippen molar-refractivity contribution in [3.63, 3.8) is 0 Å². The van der Waals surface area contributed by atoms with E-state index in [1.54, 1.807) is 20.8 Å². The number of aryl methyl sites for hydroxylation is 1. The first kappa shape index (κ1) is 37.9. The van der Waals surface area contributed by atoms with Crippen LogP contribution in [0.4, 0.5) is 4.79 Å². The number of ether oxygens (including phenoxy) is 6. The van der Waals surface area contributed by atoms with Crippen molar-refractivity contribution in [1.29, 1.82) is 0 Å². The van der Waals surface area contributed by atoms with Crippen LogP contribution in [-0.4, -0.2) is 102 Å². The number of nitrogens with two attached hydrogens (primary N) is 1. The molecular formula is C29H52N2O9. The van der Waals surface area contributed by atoms with Gasteiger partial charge in [-0.2, -0.15) is 0 Å². The smallest absolute Gasteiger partial charge is 0.407 e. The van der Waals surface area contributed by atoms with Crippen LogP contribution in [-0.2, 0) is 46.2 Å². The van der Waals surface area contributed by atoms with E-state index in [2.05, 4.69) is 23.2 Å². The second kappa shape index (κ2) is 25.8. The highest BCUT2D eigenvalue weighted by atomic mass is 16.6. The first-order chi connectivity index (χ1) is 19.3. The van der Waals surface area contributed by atoms with Crippen LogP contribution >= 0.6 is 0 Å². The molecule has 1 amide bonds. The number of hydrogen-bond acceptors (Lipinski definition) is 10. The Morgan fingerprint density at radius 2 is 1.40 bits per heavy atom. The number of aliphatic hydroxyl groups excluding tert-OH is 1. The lowest BCUT2D eigenvalue weighted by Crippen LogP contribution is -2.41. The fraction of sp³-hybridized carbons (Fsp3) is 0.724. The highest BCUT2D eigenvalue weighted by Gasteiger charge is 2.19. The van der Waals surface area contributed by atoms with Gasteiger partial charge in [-0.25, -0.2) is 4.79 Å². The van der Waals surface area contributed by atoms with Gasteiger partial charge in [0, 0.05) is 13.0 Å². The summed E-state index contributed by atoms with van der Waals surface area (Å²) in [5.41, 5.74) is 6.18. The molecule has 1 rings (SSSR count). The molecule has 40 heavy (non-hydrogen) atoms. The van der Waals surface area contributed by atoms with E-state index in [1.807, 2.05) is 12.1 Å². The van der Waals surface area contributed by atoms with Crippen LogP contribution in [0.1, 0.15) is 51.2 Å². The molecule has 1 aromatic carbocycles. The van der Waals surface area contributed by atoms with Gasteiger partial charge in [-0.15, -0.1) is 0 Å². The van der Waals surface area contributed by atoms with Gasteiger partial charge < -0.3 is 49.4 Å². The fourth-order valence-corrected chi connectivity index (χ4v) is 3.27. The molecule has 0 radical (unpaired) electrons. The van der Waals surface area contributed by atoms with Crippen LogP contribution in [0.5, 0.6) is 0 Å². The van der Waals surface area contributed by atoms with Crippen molar-refractivity contribution < 1.29 is 43.1 Å². The van der Waals surface area contributed by atoms with Crippen LogP contribution in [0, 0.1) is 0 Å². The molecule has 0 spiro atoms. The number of rotatable bonds is 23. The van der Waals surface area contributed by atoms with Crippen LogP contribution in [0.3, 0.4) is 0 Å². The number of alkyl carbamates (subject to hydrolysis) is 1. The summed E-state index contributed by atoms with van der Waals surface area (Å²) in [7, 11) is 1.50. The van der Waals surface area contributed by atoms with E-state index in [0.717, 1.165) is 24.7 Å². The second-order valence-electron chi connectivity index (χ2n) is 9.70. The van der Waals surface area contributed by atoms with E-state index in [1.165, 1.54) is 12.6 Å². The summed E-state index contributed by atoms with van der Waals surface area (Å²) in [4.78, 5) is 22.8. The van der Waals surface area contributed by atoms with E-state index in [9.17, 15) is 9.59 Å². The number of amides is 1. The summed E-state index contributed by atoms with van der Waals surface area (Å²) in [6.45, 7) is 10.2. The minimum absolute atomic E-state index is 0.0238. The van der Waals surface area contributed by atoms with Gasteiger partial charge >= 0.3 is 6.09 Å². The Morgan fingerprint density at radius 1 is 0.875 bits per heavy atom. The molecule has 0 aliphatic carbocycles. The lowest BCUT2D eigenvalue weighted by Gasteiger charge is -2.23. The number of carbonyl (C=O) groups excluding carboxylic acids is 2. The van der Waals surface area contributed by atoms with Crippen molar-refractivity contribution in [2.75, 3.05) is 73.1 Å². The second-order valence-corrected chi connectivity index (χ2v) is 9.70. The van der Waals surface area contributed by atoms with Crippen molar-refractivity contribution in [2.45, 2.75) is 64.7 Å². The van der Waals surface area contributed by atoms with E-state index in [0.29, 0.717) is 78.9 Å². The number of carbonyl (C=O) groups is 2. The van der Waals surface area contributed by atoms with Crippen LogP contribution in [0.25, 0.3) is 0 Å². The standard InChI is InChI=1S/C28H47NO9.CH5N/c1-28(2,3)38-27(32)29-26(7-4-12-30)23-37-22-25-10-8-24(9-11-25)6-5-14-33-16-18-35-20-21-36-19-17-34-15-13-31;1-2/h8-12,26,31H,4-7,13-23H2,1-3H3,(H,29,32);2H2,1H3. The normalized spacial score (nSPS) is 11.8. The topological polar surface area (TPSA) is 148 Å². The van der Waals surface area contributed by atoms with Crippen molar-refractivity contribution in [3.05, 3.63) is 35.4 Å². The first-order valence-electron chi connectivity index (χ1n) is 13.9. The average Bonchev–Trinajstić information content (AvgIpc) is 2.92. The molecule has 0 aliphatic heterocycles. The van der Waals surface area contributed by atoms with Crippen LogP contribution in [0.2, 0.25) is 0 Å². The number of nitrogens with one attached hydrogen (secondary N) is 1. The Labute approximate surface area is 240 Å². The molecule has 11 nitrogen and oxygen atoms in total. The van der Waals surface area contributed by atoms with Gasteiger partial charge in [0.1, 0.15) is 11.9 Å². The molecule has 11 heteroatoms. The lowest BCUT2D eigenvalue weighted by molar-refractivity contribution is -0.108. The zero-order chi connectivity index (χ0) is 29.9. The number of aliphatic hydroxyl groups is 1. The molecule has 1 unspecified atom stereocenters. The molecule has 232 valence electrons. The van der Waals surface area contributed by atoms with Crippen LogP contribution < -0.4 is 11.1 Å². The molecule has 1 aromatic rings. The van der Waals surface area contributed by atoms with Gasteiger partial charge in [-0.05, 0) is 58.2 Å². The minimum atomic E-state index is -0.587. The monoisotopic (exact) mass is 572 g/mol. The zero-order valence-corrected chi connectivity index (χ0v) is 24.9. The summed E-state index contributed by atoms with van der Waals surface area (Å²) in [5.74, 6) is 0. The molecule has 0 heterocycles. The highest BCUT2D eigenvalue weighted by molar-refractivity contribution is 5.68. The summed E-state index contributed by atoms with van der Waals surface area (Å²) < 4.78 is 32.6. The van der Waals surface area contributed by atoms with Gasteiger partial charge in [-0.3, -0.25) is 0 Å². The third-order valence-electron chi connectivity index (χ3n) is 5.07. The number of benzene rings is 1. The van der Waals surface area contributed by atoms with E-state index < -0.39 is 11.7 Å².